The highest BCUT2D eigenvalue weighted by Gasteiger charge is 2.28. The molecule has 0 spiro atoms. The minimum Gasteiger partial charge on any atom is -0.355 e. The molecule has 0 saturated carbocycles. The Labute approximate surface area is 160 Å². The summed E-state index contributed by atoms with van der Waals surface area (Å²) in [6.45, 7) is 10.8. The molecule has 1 aliphatic rings. The van der Waals surface area contributed by atoms with E-state index in [0.717, 1.165) is 43.1 Å². The van der Waals surface area contributed by atoms with Gasteiger partial charge in [0, 0.05) is 56.2 Å². The van der Waals surface area contributed by atoms with Gasteiger partial charge in [0.25, 0.3) is 5.91 Å². The van der Waals surface area contributed by atoms with Crippen LogP contribution in [0.15, 0.2) is 12.3 Å². The molecule has 1 amide bonds. The summed E-state index contributed by atoms with van der Waals surface area (Å²) in [4.78, 5) is 23.1. The molecular weight excluding hydrogens is 342 g/mol. The summed E-state index contributed by atoms with van der Waals surface area (Å²) >= 11 is 0. The molecule has 3 rings (SSSR count). The summed E-state index contributed by atoms with van der Waals surface area (Å²) in [6, 6.07) is 2.66. The van der Waals surface area contributed by atoms with Crippen molar-refractivity contribution in [2.24, 2.45) is 0 Å². The van der Waals surface area contributed by atoms with E-state index in [-0.39, 0.29) is 17.8 Å². The second-order valence-corrected chi connectivity index (χ2v) is 7.05. The number of carbonyl (C=O) groups is 1. The first-order valence-electron chi connectivity index (χ1n) is 9.54. The van der Waals surface area contributed by atoms with Crippen molar-refractivity contribution in [3.05, 3.63) is 35.0 Å². The van der Waals surface area contributed by atoms with Crippen LogP contribution in [0.3, 0.4) is 0 Å². The molecule has 2 aromatic heterocycles. The molecule has 1 unspecified atom stereocenters. The van der Waals surface area contributed by atoms with Crippen LogP contribution in [0.25, 0.3) is 0 Å². The highest BCUT2D eigenvalue weighted by atomic mass is 16.2. The lowest BCUT2D eigenvalue weighted by Crippen LogP contribution is -2.35. The molecule has 27 heavy (non-hydrogen) atoms. The van der Waals surface area contributed by atoms with Gasteiger partial charge in [-0.05, 0) is 40.2 Å². The number of hydrogen-bond acceptors (Lipinski definition) is 6. The maximum absolute atomic E-state index is 12.0. The standard InChI is InChI=1S/C19H29N7O/c1-6-26-16(7-9-21-26)14(4)22-15-8-10-25(11-15)18-12(2)13(3)23-17(24-18)19(27)20-5/h7,9,14-15,22H,6,8,10-11H2,1-5H3,(H,20,27)/t14?,15-/m1/s1. The topological polar surface area (TPSA) is 88.0 Å². The lowest BCUT2D eigenvalue weighted by molar-refractivity contribution is 0.0952. The van der Waals surface area contributed by atoms with Gasteiger partial charge in [-0.15, -0.1) is 0 Å². The number of rotatable bonds is 6. The summed E-state index contributed by atoms with van der Waals surface area (Å²) in [5, 5.41) is 10.7. The van der Waals surface area contributed by atoms with Crippen LogP contribution < -0.4 is 15.5 Å². The van der Waals surface area contributed by atoms with E-state index in [1.165, 1.54) is 5.69 Å². The Kier molecular flexibility index (Phi) is 5.74. The largest absolute Gasteiger partial charge is 0.355 e. The van der Waals surface area contributed by atoms with Gasteiger partial charge in [0.1, 0.15) is 5.82 Å². The number of aryl methyl sites for hydroxylation is 2. The number of anilines is 1. The molecule has 1 saturated heterocycles. The van der Waals surface area contributed by atoms with Gasteiger partial charge in [-0.2, -0.15) is 5.10 Å². The SMILES string of the molecule is CCn1nccc1C(C)N[C@@H]1CCN(c2nc(C(=O)NC)nc(C)c2C)C1. The molecule has 3 heterocycles. The van der Waals surface area contributed by atoms with E-state index in [0.29, 0.717) is 6.04 Å². The second kappa shape index (κ2) is 8.04. The molecule has 2 N–H and O–H groups in total. The average molecular weight is 371 g/mol. The van der Waals surface area contributed by atoms with E-state index in [9.17, 15) is 4.79 Å². The van der Waals surface area contributed by atoms with Gasteiger partial charge in [-0.3, -0.25) is 9.48 Å². The number of nitrogens with one attached hydrogen (secondary N) is 2. The molecule has 0 aromatic carbocycles. The van der Waals surface area contributed by atoms with Crippen LogP contribution in [-0.4, -0.2) is 51.8 Å². The van der Waals surface area contributed by atoms with Crippen molar-refractivity contribution in [2.45, 2.75) is 52.7 Å². The Hall–Kier alpha value is -2.48. The minimum absolute atomic E-state index is 0.229. The molecule has 8 heteroatoms. The first kappa shape index (κ1) is 19.3. The van der Waals surface area contributed by atoms with Gasteiger partial charge in [0.05, 0.1) is 5.69 Å². The summed E-state index contributed by atoms with van der Waals surface area (Å²) in [6.07, 6.45) is 2.88. The normalized spacial score (nSPS) is 18.0. The van der Waals surface area contributed by atoms with Gasteiger partial charge in [0.15, 0.2) is 0 Å². The molecule has 2 atom stereocenters. The van der Waals surface area contributed by atoms with Crippen molar-refractivity contribution in [1.82, 2.24) is 30.4 Å². The highest BCUT2D eigenvalue weighted by molar-refractivity contribution is 5.90. The van der Waals surface area contributed by atoms with Crippen molar-refractivity contribution in [3.63, 3.8) is 0 Å². The van der Waals surface area contributed by atoms with Gasteiger partial charge in [-0.25, -0.2) is 9.97 Å². The predicted octanol–water partition coefficient (Wildman–Crippen LogP) is 1.60. The maximum Gasteiger partial charge on any atom is 0.288 e. The van der Waals surface area contributed by atoms with Crippen molar-refractivity contribution in [2.75, 3.05) is 25.0 Å². The van der Waals surface area contributed by atoms with Crippen LogP contribution in [-0.2, 0) is 6.54 Å². The van der Waals surface area contributed by atoms with Crippen LogP contribution in [0, 0.1) is 13.8 Å². The molecule has 0 aliphatic carbocycles. The van der Waals surface area contributed by atoms with Crippen molar-refractivity contribution < 1.29 is 4.79 Å². The number of hydrogen-bond donors (Lipinski definition) is 2. The van der Waals surface area contributed by atoms with E-state index in [1.807, 2.05) is 24.7 Å². The smallest absolute Gasteiger partial charge is 0.288 e. The molecule has 0 bridgehead atoms. The third kappa shape index (κ3) is 3.95. The minimum atomic E-state index is -0.255. The lowest BCUT2D eigenvalue weighted by atomic mass is 10.2. The van der Waals surface area contributed by atoms with E-state index in [4.69, 9.17) is 0 Å². The second-order valence-electron chi connectivity index (χ2n) is 7.05. The van der Waals surface area contributed by atoms with Gasteiger partial charge >= 0.3 is 0 Å². The zero-order valence-corrected chi connectivity index (χ0v) is 16.8. The number of amides is 1. The van der Waals surface area contributed by atoms with E-state index >= 15 is 0 Å². The first-order valence-corrected chi connectivity index (χ1v) is 9.54. The molecule has 1 fully saturated rings. The number of nitrogens with zero attached hydrogens (tertiary/aromatic N) is 5. The zero-order chi connectivity index (χ0) is 19.6. The molecular formula is C19H29N7O. The van der Waals surface area contributed by atoms with Crippen LogP contribution in [0.2, 0.25) is 0 Å². The Morgan fingerprint density at radius 2 is 2.15 bits per heavy atom. The summed E-state index contributed by atoms with van der Waals surface area (Å²) in [5.41, 5.74) is 3.07. The quantitative estimate of drug-likeness (QED) is 0.802. The molecule has 1 aliphatic heterocycles. The fraction of sp³-hybridized carbons (Fsp3) is 0.579. The van der Waals surface area contributed by atoms with Gasteiger partial charge < -0.3 is 15.5 Å². The predicted molar refractivity (Wildman–Crippen MR) is 105 cm³/mol. The Morgan fingerprint density at radius 1 is 1.37 bits per heavy atom. The first-order chi connectivity index (χ1) is 12.9. The average Bonchev–Trinajstić information content (AvgIpc) is 3.32. The van der Waals surface area contributed by atoms with Crippen molar-refractivity contribution in [3.8, 4) is 0 Å². The maximum atomic E-state index is 12.0. The van der Waals surface area contributed by atoms with Crippen molar-refractivity contribution >= 4 is 11.7 Å². The number of carbonyl (C=O) groups excluding carboxylic acids is 1. The summed E-state index contributed by atoms with van der Waals surface area (Å²) in [7, 11) is 1.60. The van der Waals surface area contributed by atoms with E-state index < -0.39 is 0 Å². The van der Waals surface area contributed by atoms with Crippen LogP contribution in [0.5, 0.6) is 0 Å². The number of aromatic nitrogens is 4. The fourth-order valence-electron chi connectivity index (χ4n) is 3.64. The van der Waals surface area contributed by atoms with Crippen LogP contribution in [0.4, 0.5) is 5.82 Å². The molecule has 146 valence electrons. The van der Waals surface area contributed by atoms with Crippen molar-refractivity contribution in [1.29, 1.82) is 0 Å². The van der Waals surface area contributed by atoms with Gasteiger partial charge in [0.2, 0.25) is 5.82 Å². The molecule has 2 aromatic rings. The van der Waals surface area contributed by atoms with Crippen LogP contribution >= 0.6 is 0 Å². The fourth-order valence-corrected chi connectivity index (χ4v) is 3.64. The summed E-state index contributed by atoms with van der Waals surface area (Å²) in [5.74, 6) is 0.832. The zero-order valence-electron chi connectivity index (χ0n) is 16.8. The summed E-state index contributed by atoms with van der Waals surface area (Å²) < 4.78 is 2.03. The Balaban J connectivity index is 1.72. The van der Waals surface area contributed by atoms with Crippen LogP contribution in [0.1, 0.15) is 53.9 Å². The lowest BCUT2D eigenvalue weighted by Gasteiger charge is -2.23. The monoisotopic (exact) mass is 371 g/mol. The Bertz CT molecular complexity index is 816. The van der Waals surface area contributed by atoms with E-state index in [2.05, 4.69) is 50.5 Å². The van der Waals surface area contributed by atoms with Gasteiger partial charge in [-0.1, -0.05) is 0 Å². The third-order valence-corrected chi connectivity index (χ3v) is 5.26. The molecule has 0 radical (unpaired) electrons. The third-order valence-electron chi connectivity index (χ3n) is 5.26. The highest BCUT2D eigenvalue weighted by Crippen LogP contribution is 2.25. The molecule has 8 nitrogen and oxygen atoms in total. The Morgan fingerprint density at radius 3 is 2.85 bits per heavy atom. The van der Waals surface area contributed by atoms with E-state index in [1.54, 1.807) is 7.05 Å².